The van der Waals surface area contributed by atoms with E-state index >= 15 is 0 Å². The lowest BCUT2D eigenvalue weighted by molar-refractivity contribution is -0.141. The molecule has 1 aromatic carbocycles. The van der Waals surface area contributed by atoms with Crippen molar-refractivity contribution in [2.45, 2.75) is 6.42 Å². The number of carbonyl (C=O) groups excluding carboxylic acids is 1. The number of likely N-dealkylation sites (tertiary alicyclic amines) is 1. The van der Waals surface area contributed by atoms with Crippen molar-refractivity contribution in [3.63, 3.8) is 0 Å². The molecule has 0 radical (unpaired) electrons. The van der Waals surface area contributed by atoms with Gasteiger partial charge >= 0.3 is 12.0 Å². The number of carbonyl (C=O) groups is 2. The molecule has 0 spiro atoms. The predicted molar refractivity (Wildman–Crippen MR) is 81.7 cm³/mol. The van der Waals surface area contributed by atoms with Crippen LogP contribution in [0.15, 0.2) is 29.6 Å². The molecule has 1 aliphatic heterocycles. The maximum atomic E-state index is 12.1. The smallest absolute Gasteiger partial charge is 0.321 e. The van der Waals surface area contributed by atoms with Gasteiger partial charge in [-0.05, 0) is 30.1 Å². The Morgan fingerprint density at radius 3 is 2.68 bits per heavy atom. The number of hydrogen-bond donors (Lipinski definition) is 2. The van der Waals surface area contributed by atoms with Gasteiger partial charge in [-0.1, -0.05) is 16.6 Å². The van der Waals surface area contributed by atoms with Crippen molar-refractivity contribution >= 4 is 29.2 Å². The topological polar surface area (TPSA) is 95.4 Å². The van der Waals surface area contributed by atoms with E-state index in [9.17, 15) is 9.59 Å². The van der Waals surface area contributed by atoms with Crippen LogP contribution in [0.1, 0.15) is 6.42 Å². The van der Waals surface area contributed by atoms with Crippen LogP contribution in [0.2, 0.25) is 0 Å². The van der Waals surface area contributed by atoms with Gasteiger partial charge in [-0.3, -0.25) is 4.79 Å². The second-order valence-electron chi connectivity index (χ2n) is 5.07. The molecule has 2 N–H and O–H groups in total. The zero-order valence-electron chi connectivity index (χ0n) is 11.6. The summed E-state index contributed by atoms with van der Waals surface area (Å²) in [6.07, 6.45) is 0.499. The van der Waals surface area contributed by atoms with Crippen LogP contribution in [0.5, 0.6) is 0 Å². The molecule has 1 saturated heterocycles. The number of hydrogen-bond acceptors (Lipinski definition) is 5. The molecule has 2 aromatic rings. The molecule has 1 atom stereocenters. The molecule has 1 aromatic heterocycles. The average Bonchev–Trinajstić information content (AvgIpc) is 3.20. The molecular formula is C14H14N4O3S. The van der Waals surface area contributed by atoms with E-state index < -0.39 is 11.9 Å². The summed E-state index contributed by atoms with van der Waals surface area (Å²) in [5.41, 5.74) is 2.39. The van der Waals surface area contributed by atoms with Crippen molar-refractivity contribution in [1.82, 2.24) is 14.5 Å². The first-order valence-corrected chi connectivity index (χ1v) is 7.63. The molecule has 0 bridgehead atoms. The first-order valence-electron chi connectivity index (χ1n) is 6.80. The van der Waals surface area contributed by atoms with E-state index in [1.165, 1.54) is 16.4 Å². The molecule has 0 saturated carbocycles. The molecular weight excluding hydrogens is 304 g/mol. The highest BCUT2D eigenvalue weighted by atomic mass is 32.1. The second kappa shape index (κ2) is 6.10. The van der Waals surface area contributed by atoms with Gasteiger partial charge in [-0.2, -0.15) is 0 Å². The number of aliphatic carboxylic acids is 1. The second-order valence-corrected chi connectivity index (χ2v) is 5.68. The van der Waals surface area contributed by atoms with Gasteiger partial charge in [-0.15, -0.1) is 5.10 Å². The maximum Gasteiger partial charge on any atom is 0.321 e. The van der Waals surface area contributed by atoms with Gasteiger partial charge in [0.1, 0.15) is 5.69 Å². The van der Waals surface area contributed by atoms with E-state index in [0.717, 1.165) is 11.3 Å². The van der Waals surface area contributed by atoms with E-state index in [1.54, 1.807) is 12.1 Å². The number of benzene rings is 1. The summed E-state index contributed by atoms with van der Waals surface area (Å²) in [6, 6.07) is 7.02. The monoisotopic (exact) mass is 318 g/mol. The number of carboxylic acids is 1. The highest BCUT2D eigenvalue weighted by Crippen LogP contribution is 2.21. The minimum absolute atomic E-state index is 0.254. The van der Waals surface area contributed by atoms with Gasteiger partial charge in [0.25, 0.3) is 0 Å². The first kappa shape index (κ1) is 14.5. The SMILES string of the molecule is O=C(O)C1CCN(C(=O)Nc2ccc(-c3csnn3)cc2)C1. The lowest BCUT2D eigenvalue weighted by atomic mass is 10.1. The summed E-state index contributed by atoms with van der Waals surface area (Å²) in [7, 11) is 0. The number of rotatable bonds is 3. The first-order chi connectivity index (χ1) is 10.6. The van der Waals surface area contributed by atoms with E-state index in [-0.39, 0.29) is 12.6 Å². The van der Waals surface area contributed by atoms with Crippen LogP contribution in [0.25, 0.3) is 11.3 Å². The van der Waals surface area contributed by atoms with Gasteiger partial charge in [0.15, 0.2) is 0 Å². The summed E-state index contributed by atoms with van der Waals surface area (Å²) < 4.78 is 3.81. The van der Waals surface area contributed by atoms with E-state index in [0.29, 0.717) is 18.7 Å². The third kappa shape index (κ3) is 3.06. The van der Waals surface area contributed by atoms with Crippen molar-refractivity contribution in [3.05, 3.63) is 29.6 Å². The van der Waals surface area contributed by atoms with Crippen molar-refractivity contribution in [1.29, 1.82) is 0 Å². The molecule has 1 unspecified atom stereocenters. The number of nitrogens with zero attached hydrogens (tertiary/aromatic N) is 3. The predicted octanol–water partition coefficient (Wildman–Crippen LogP) is 2.14. The zero-order valence-corrected chi connectivity index (χ0v) is 12.4. The summed E-state index contributed by atoms with van der Waals surface area (Å²) in [4.78, 5) is 24.5. The average molecular weight is 318 g/mol. The third-order valence-corrected chi connectivity index (χ3v) is 4.12. The molecule has 2 amide bonds. The fourth-order valence-electron chi connectivity index (χ4n) is 2.36. The number of anilines is 1. The maximum absolute atomic E-state index is 12.1. The number of carboxylic acid groups (broad SMARTS) is 1. The van der Waals surface area contributed by atoms with E-state index in [1.807, 2.05) is 17.5 Å². The number of urea groups is 1. The number of aromatic nitrogens is 2. The molecule has 1 fully saturated rings. The molecule has 0 aliphatic carbocycles. The Bertz CT molecular complexity index is 672. The van der Waals surface area contributed by atoms with Crippen molar-refractivity contribution in [3.8, 4) is 11.3 Å². The third-order valence-electron chi connectivity index (χ3n) is 3.62. The Balaban J connectivity index is 1.61. The van der Waals surface area contributed by atoms with Gasteiger partial charge in [0.05, 0.1) is 5.92 Å². The minimum atomic E-state index is -0.850. The molecule has 7 nitrogen and oxygen atoms in total. The standard InChI is InChI=1S/C14H14N4O3S/c19-13(20)10-5-6-18(7-10)14(21)15-11-3-1-9(2-4-11)12-8-22-17-16-12/h1-4,8,10H,5-7H2,(H,15,21)(H,19,20). The largest absolute Gasteiger partial charge is 0.481 e. The van der Waals surface area contributed by atoms with Crippen molar-refractivity contribution < 1.29 is 14.7 Å². The summed E-state index contributed by atoms with van der Waals surface area (Å²) in [5.74, 6) is -1.32. The van der Waals surface area contributed by atoms with Gasteiger partial charge in [0.2, 0.25) is 0 Å². The Labute approximate surface area is 130 Å². The van der Waals surface area contributed by atoms with Crippen LogP contribution >= 0.6 is 11.5 Å². The Morgan fingerprint density at radius 2 is 2.09 bits per heavy atom. The molecule has 114 valence electrons. The summed E-state index contributed by atoms with van der Waals surface area (Å²) >= 11 is 1.28. The Hall–Kier alpha value is -2.48. The lowest BCUT2D eigenvalue weighted by Crippen LogP contribution is -2.33. The van der Waals surface area contributed by atoms with E-state index in [2.05, 4.69) is 14.9 Å². The van der Waals surface area contributed by atoms with Gasteiger partial charge in [0, 0.05) is 29.7 Å². The van der Waals surface area contributed by atoms with Crippen LogP contribution < -0.4 is 5.32 Å². The Kier molecular flexibility index (Phi) is 4.01. The van der Waals surface area contributed by atoms with Gasteiger partial charge < -0.3 is 15.3 Å². The molecule has 2 heterocycles. The van der Waals surface area contributed by atoms with E-state index in [4.69, 9.17) is 5.11 Å². The summed E-state index contributed by atoms with van der Waals surface area (Å²) in [6.45, 7) is 0.717. The zero-order chi connectivity index (χ0) is 15.5. The number of amides is 2. The quantitative estimate of drug-likeness (QED) is 0.904. The fourth-order valence-corrected chi connectivity index (χ4v) is 2.83. The number of nitrogens with one attached hydrogen (secondary N) is 1. The van der Waals surface area contributed by atoms with Crippen LogP contribution in [-0.2, 0) is 4.79 Å². The molecule has 22 heavy (non-hydrogen) atoms. The van der Waals surface area contributed by atoms with Crippen LogP contribution in [0.4, 0.5) is 10.5 Å². The van der Waals surface area contributed by atoms with Crippen molar-refractivity contribution in [2.24, 2.45) is 5.92 Å². The minimum Gasteiger partial charge on any atom is -0.481 e. The lowest BCUT2D eigenvalue weighted by Gasteiger charge is -2.16. The van der Waals surface area contributed by atoms with Crippen LogP contribution in [-0.4, -0.2) is 44.7 Å². The van der Waals surface area contributed by atoms with Crippen LogP contribution in [0.3, 0.4) is 0 Å². The normalized spacial score (nSPS) is 17.5. The molecule has 3 rings (SSSR count). The highest BCUT2D eigenvalue weighted by Gasteiger charge is 2.30. The van der Waals surface area contributed by atoms with Crippen LogP contribution in [0, 0.1) is 5.92 Å². The fraction of sp³-hybridized carbons (Fsp3) is 0.286. The molecule has 1 aliphatic rings. The Morgan fingerprint density at radius 1 is 1.32 bits per heavy atom. The summed E-state index contributed by atoms with van der Waals surface area (Å²) in [5, 5.41) is 17.6. The molecule has 8 heteroatoms. The highest BCUT2D eigenvalue weighted by molar-refractivity contribution is 7.03. The van der Waals surface area contributed by atoms with Crippen molar-refractivity contribution in [2.75, 3.05) is 18.4 Å². The van der Waals surface area contributed by atoms with Gasteiger partial charge in [-0.25, -0.2) is 4.79 Å².